The lowest BCUT2D eigenvalue weighted by Crippen LogP contribution is -2.34. The van der Waals surface area contributed by atoms with Crippen LogP contribution < -0.4 is 10.9 Å². The van der Waals surface area contributed by atoms with Gasteiger partial charge in [-0.05, 0) is 36.5 Å². The van der Waals surface area contributed by atoms with Gasteiger partial charge in [0.2, 0.25) is 0 Å². The van der Waals surface area contributed by atoms with Gasteiger partial charge in [-0.1, -0.05) is 6.08 Å². The third-order valence-corrected chi connectivity index (χ3v) is 2.51. The Morgan fingerprint density at radius 3 is 2.72 bits per heavy atom. The lowest BCUT2D eigenvalue weighted by atomic mass is 10.2. The minimum atomic E-state index is -0.311. The van der Waals surface area contributed by atoms with Gasteiger partial charge in [0, 0.05) is 19.2 Å². The highest BCUT2D eigenvalue weighted by atomic mass is 19.1. The molecule has 0 spiro atoms. The molecule has 1 aromatic rings. The number of hydrazine groups is 1. The lowest BCUT2D eigenvalue weighted by Gasteiger charge is -2.19. The quantitative estimate of drug-likeness (QED) is 0.798. The first kappa shape index (κ1) is 12.2. The Morgan fingerprint density at radius 2 is 2.06 bits per heavy atom. The number of carbonyl (C=O) groups is 1. The van der Waals surface area contributed by atoms with Crippen molar-refractivity contribution in [3.63, 3.8) is 0 Å². The van der Waals surface area contributed by atoms with Crippen molar-refractivity contribution in [2.24, 2.45) is 0 Å². The van der Waals surface area contributed by atoms with Gasteiger partial charge in [-0.3, -0.25) is 15.6 Å². The van der Waals surface area contributed by atoms with E-state index in [1.165, 1.54) is 12.1 Å². The van der Waals surface area contributed by atoms with Crippen molar-refractivity contribution in [2.45, 2.75) is 0 Å². The number of likely N-dealkylation sites (N-methyl/N-ethyl adjacent to an activating group) is 1. The fourth-order valence-electron chi connectivity index (χ4n) is 1.57. The Morgan fingerprint density at radius 1 is 1.33 bits per heavy atom. The van der Waals surface area contributed by atoms with Crippen molar-refractivity contribution in [3.05, 3.63) is 54.0 Å². The molecule has 1 heterocycles. The molecule has 1 aliphatic heterocycles. The summed E-state index contributed by atoms with van der Waals surface area (Å²) in [6, 6.07) is 5.75. The highest BCUT2D eigenvalue weighted by Crippen LogP contribution is 2.08. The summed E-state index contributed by atoms with van der Waals surface area (Å²) in [6.07, 6.45) is 5.47. The molecule has 0 fully saturated rings. The zero-order chi connectivity index (χ0) is 13.0. The van der Waals surface area contributed by atoms with Crippen LogP contribution in [0.3, 0.4) is 0 Å². The second-order valence-corrected chi connectivity index (χ2v) is 4.03. The molecule has 94 valence electrons. The van der Waals surface area contributed by atoms with E-state index in [-0.39, 0.29) is 11.7 Å². The molecule has 1 aromatic carbocycles. The van der Waals surface area contributed by atoms with Crippen LogP contribution in [-0.2, 0) is 4.79 Å². The molecule has 4 nitrogen and oxygen atoms in total. The molecule has 0 saturated heterocycles. The van der Waals surface area contributed by atoms with E-state index in [0.717, 1.165) is 0 Å². The third-order valence-electron chi connectivity index (χ3n) is 2.51. The van der Waals surface area contributed by atoms with Crippen LogP contribution >= 0.6 is 0 Å². The lowest BCUT2D eigenvalue weighted by molar-refractivity contribution is -0.117. The van der Waals surface area contributed by atoms with Crippen molar-refractivity contribution >= 4 is 11.6 Å². The number of anilines is 1. The van der Waals surface area contributed by atoms with Gasteiger partial charge in [0.25, 0.3) is 5.91 Å². The maximum absolute atomic E-state index is 12.7. The van der Waals surface area contributed by atoms with E-state index >= 15 is 0 Å². The Balaban J connectivity index is 1.90. The first-order chi connectivity index (χ1) is 8.65. The molecule has 0 saturated carbocycles. The number of benzene rings is 1. The SMILES string of the molecule is CN1C=CC=C(C(=O)NNc2ccc(F)cc2)C1. The van der Waals surface area contributed by atoms with Gasteiger partial charge in [-0.25, -0.2) is 4.39 Å². The number of allylic oxidation sites excluding steroid dienone is 2. The van der Waals surface area contributed by atoms with Gasteiger partial charge in [0.05, 0.1) is 5.69 Å². The number of amides is 1. The zero-order valence-electron chi connectivity index (χ0n) is 9.98. The Hall–Kier alpha value is -2.30. The zero-order valence-corrected chi connectivity index (χ0v) is 9.98. The molecule has 0 bridgehead atoms. The van der Waals surface area contributed by atoms with Gasteiger partial charge in [0.15, 0.2) is 0 Å². The fraction of sp³-hybridized carbons (Fsp3) is 0.154. The van der Waals surface area contributed by atoms with E-state index < -0.39 is 0 Å². The standard InChI is InChI=1S/C13H14FN3O/c1-17-8-2-3-10(9-17)13(18)16-15-12-6-4-11(14)5-7-12/h2-8,15H,9H2,1H3,(H,16,18). The number of nitrogens with zero attached hydrogens (tertiary/aromatic N) is 1. The summed E-state index contributed by atoms with van der Waals surface area (Å²) in [7, 11) is 1.89. The second kappa shape index (κ2) is 5.35. The number of hydrogen-bond acceptors (Lipinski definition) is 3. The van der Waals surface area contributed by atoms with Crippen LogP contribution in [0, 0.1) is 5.82 Å². The molecule has 0 aromatic heterocycles. The normalized spacial score (nSPS) is 14.1. The van der Waals surface area contributed by atoms with E-state index in [0.29, 0.717) is 17.8 Å². The van der Waals surface area contributed by atoms with Crippen LogP contribution in [0.2, 0.25) is 0 Å². The van der Waals surface area contributed by atoms with Crippen molar-refractivity contribution in [3.8, 4) is 0 Å². The van der Waals surface area contributed by atoms with Gasteiger partial charge >= 0.3 is 0 Å². The van der Waals surface area contributed by atoms with Crippen LogP contribution in [0.4, 0.5) is 10.1 Å². The minimum Gasteiger partial charge on any atom is -0.376 e. The summed E-state index contributed by atoms with van der Waals surface area (Å²) >= 11 is 0. The smallest absolute Gasteiger partial charge is 0.267 e. The molecule has 2 N–H and O–H groups in total. The minimum absolute atomic E-state index is 0.199. The monoisotopic (exact) mass is 247 g/mol. The summed E-state index contributed by atoms with van der Waals surface area (Å²) in [5.41, 5.74) is 6.59. The molecule has 0 radical (unpaired) electrons. The summed E-state index contributed by atoms with van der Waals surface area (Å²) in [4.78, 5) is 13.7. The Bertz CT molecular complexity index is 493. The molecule has 18 heavy (non-hydrogen) atoms. The molecule has 1 amide bonds. The van der Waals surface area contributed by atoms with Crippen molar-refractivity contribution in [1.82, 2.24) is 10.3 Å². The van der Waals surface area contributed by atoms with Crippen molar-refractivity contribution < 1.29 is 9.18 Å². The van der Waals surface area contributed by atoms with E-state index in [1.807, 2.05) is 24.2 Å². The second-order valence-electron chi connectivity index (χ2n) is 4.03. The molecule has 0 atom stereocenters. The van der Waals surface area contributed by atoms with E-state index in [1.54, 1.807) is 18.2 Å². The van der Waals surface area contributed by atoms with E-state index in [2.05, 4.69) is 10.9 Å². The molecule has 2 rings (SSSR count). The van der Waals surface area contributed by atoms with Gasteiger partial charge in [-0.15, -0.1) is 0 Å². The first-order valence-corrected chi connectivity index (χ1v) is 5.55. The fourth-order valence-corrected chi connectivity index (χ4v) is 1.57. The molecule has 1 aliphatic rings. The topological polar surface area (TPSA) is 44.4 Å². The average Bonchev–Trinajstić information content (AvgIpc) is 2.38. The van der Waals surface area contributed by atoms with Crippen LogP contribution in [0.25, 0.3) is 0 Å². The van der Waals surface area contributed by atoms with Crippen LogP contribution in [0.5, 0.6) is 0 Å². The maximum atomic E-state index is 12.7. The van der Waals surface area contributed by atoms with E-state index in [9.17, 15) is 9.18 Å². The summed E-state index contributed by atoms with van der Waals surface area (Å²) in [5.74, 6) is -0.510. The van der Waals surface area contributed by atoms with E-state index in [4.69, 9.17) is 0 Å². The molecular weight excluding hydrogens is 233 g/mol. The predicted molar refractivity (Wildman–Crippen MR) is 68.0 cm³/mol. The number of halogens is 1. The predicted octanol–water partition coefficient (Wildman–Crippen LogP) is 1.65. The number of nitrogens with one attached hydrogen (secondary N) is 2. The number of hydrogen-bond donors (Lipinski definition) is 2. The molecule has 5 heteroatoms. The summed E-state index contributed by atoms with van der Waals surface area (Å²) in [5, 5.41) is 0. The van der Waals surface area contributed by atoms with Crippen LogP contribution in [0.1, 0.15) is 0 Å². The Kier molecular flexibility index (Phi) is 3.62. The largest absolute Gasteiger partial charge is 0.376 e. The maximum Gasteiger partial charge on any atom is 0.267 e. The van der Waals surface area contributed by atoms with Gasteiger partial charge in [-0.2, -0.15) is 0 Å². The third kappa shape index (κ3) is 3.10. The highest BCUT2D eigenvalue weighted by Gasteiger charge is 2.11. The first-order valence-electron chi connectivity index (χ1n) is 5.55. The van der Waals surface area contributed by atoms with Crippen molar-refractivity contribution in [2.75, 3.05) is 19.0 Å². The molecular formula is C13H14FN3O. The Labute approximate surface area is 105 Å². The highest BCUT2D eigenvalue weighted by molar-refractivity contribution is 5.95. The van der Waals surface area contributed by atoms with Crippen molar-refractivity contribution in [1.29, 1.82) is 0 Å². The number of carbonyl (C=O) groups excluding carboxylic acids is 1. The molecule has 0 unspecified atom stereocenters. The van der Waals surface area contributed by atoms with Gasteiger partial charge < -0.3 is 4.90 Å². The number of rotatable bonds is 3. The molecule has 0 aliphatic carbocycles. The van der Waals surface area contributed by atoms with Gasteiger partial charge in [0.1, 0.15) is 5.82 Å². The van der Waals surface area contributed by atoms with Crippen LogP contribution in [0.15, 0.2) is 48.2 Å². The summed E-state index contributed by atoms with van der Waals surface area (Å²) < 4.78 is 12.7. The van der Waals surface area contributed by atoms with Crippen LogP contribution in [-0.4, -0.2) is 24.4 Å². The summed E-state index contributed by atoms with van der Waals surface area (Å²) in [6.45, 7) is 0.563. The average molecular weight is 247 g/mol.